The van der Waals surface area contributed by atoms with Gasteiger partial charge in [0.2, 0.25) is 5.78 Å². The van der Waals surface area contributed by atoms with Crippen LogP contribution in [-0.4, -0.2) is 64.0 Å². The number of benzene rings is 2. The van der Waals surface area contributed by atoms with Crippen molar-refractivity contribution in [3.05, 3.63) is 58.1 Å². The molecule has 0 amide bonds. The van der Waals surface area contributed by atoms with E-state index in [2.05, 4.69) is 4.90 Å². The summed E-state index contributed by atoms with van der Waals surface area (Å²) in [6, 6.07) is 7.36. The highest BCUT2D eigenvalue weighted by molar-refractivity contribution is 6.30. The molecule has 0 saturated heterocycles. The zero-order valence-electron chi connectivity index (χ0n) is 16.3. The van der Waals surface area contributed by atoms with Crippen molar-refractivity contribution in [2.24, 2.45) is 0 Å². The standard InChI is InChI=1S/C15H10O4.C6H12Cl3N.ClH/c1-7-5-9-13(11(17)6-7)15(19)12-8(14(9)18)3-2-4-10(12)16;7-1-4-10(5-2-8)6-3-9;/h2-6,16-17H,1H3;1-6H2;1H. The van der Waals surface area contributed by atoms with Crippen LogP contribution in [0.2, 0.25) is 0 Å². The van der Waals surface area contributed by atoms with E-state index >= 15 is 0 Å². The van der Waals surface area contributed by atoms with E-state index in [1.165, 1.54) is 24.3 Å². The predicted molar refractivity (Wildman–Crippen MR) is 124 cm³/mol. The lowest BCUT2D eigenvalue weighted by atomic mass is 9.82. The Labute approximate surface area is 197 Å². The second kappa shape index (κ2) is 12.4. The monoisotopic (exact) mass is 493 g/mol. The van der Waals surface area contributed by atoms with Crippen molar-refractivity contribution in [3.8, 4) is 11.5 Å². The molecule has 1 aliphatic rings. The lowest BCUT2D eigenvalue weighted by Gasteiger charge is -2.19. The zero-order valence-corrected chi connectivity index (χ0v) is 19.4. The van der Waals surface area contributed by atoms with E-state index in [0.717, 1.165) is 19.6 Å². The van der Waals surface area contributed by atoms with Gasteiger partial charge in [0.25, 0.3) is 0 Å². The number of carbonyl (C=O) groups is 2. The van der Waals surface area contributed by atoms with Crippen LogP contribution in [0.4, 0.5) is 0 Å². The Morgan fingerprint density at radius 1 is 0.800 bits per heavy atom. The first-order valence-electron chi connectivity index (χ1n) is 9.00. The van der Waals surface area contributed by atoms with Crippen molar-refractivity contribution >= 4 is 58.8 Å². The number of fused-ring (bicyclic) bond motifs is 2. The van der Waals surface area contributed by atoms with Crippen LogP contribution in [0.15, 0.2) is 30.3 Å². The smallest absolute Gasteiger partial charge is 0.201 e. The number of carbonyl (C=O) groups excluding carboxylic acids is 2. The Balaban J connectivity index is 0.000000354. The summed E-state index contributed by atoms with van der Waals surface area (Å²) in [6.45, 7) is 4.36. The first kappa shape index (κ1) is 26.5. The fourth-order valence-corrected chi connectivity index (χ4v) is 3.83. The quantitative estimate of drug-likeness (QED) is 0.489. The maximum absolute atomic E-state index is 12.3. The molecule has 5 nitrogen and oxygen atoms in total. The van der Waals surface area contributed by atoms with Gasteiger partial charge in [0.15, 0.2) is 5.78 Å². The van der Waals surface area contributed by atoms with Crippen LogP contribution < -0.4 is 0 Å². The summed E-state index contributed by atoms with van der Waals surface area (Å²) in [4.78, 5) is 26.8. The topological polar surface area (TPSA) is 77.8 Å². The molecule has 0 radical (unpaired) electrons. The molecule has 0 saturated carbocycles. The Hall–Kier alpha value is -1.50. The van der Waals surface area contributed by atoms with E-state index in [9.17, 15) is 19.8 Å². The van der Waals surface area contributed by atoms with Crippen LogP contribution >= 0.6 is 47.2 Å². The number of hydrogen-bond acceptors (Lipinski definition) is 5. The molecule has 0 bridgehead atoms. The van der Waals surface area contributed by atoms with Crippen LogP contribution in [0.1, 0.15) is 37.4 Å². The van der Waals surface area contributed by atoms with Gasteiger partial charge in [0.1, 0.15) is 11.5 Å². The van der Waals surface area contributed by atoms with E-state index in [1.807, 2.05) is 0 Å². The highest BCUT2D eigenvalue weighted by Gasteiger charge is 2.34. The first-order valence-corrected chi connectivity index (χ1v) is 10.6. The molecule has 0 atom stereocenters. The van der Waals surface area contributed by atoms with E-state index < -0.39 is 5.78 Å². The number of rotatable bonds is 6. The van der Waals surface area contributed by atoms with Gasteiger partial charge in [0.05, 0.1) is 11.1 Å². The first-order chi connectivity index (χ1) is 13.8. The lowest BCUT2D eigenvalue weighted by molar-refractivity contribution is 0.0974. The fraction of sp³-hybridized carbons (Fsp3) is 0.333. The molecular formula is C21H23Cl4NO4. The minimum Gasteiger partial charge on any atom is -0.507 e. The van der Waals surface area contributed by atoms with Gasteiger partial charge in [-0.2, -0.15) is 0 Å². The number of hydrogen-bond donors (Lipinski definition) is 2. The number of alkyl halides is 3. The number of nitrogens with zero attached hydrogens (tertiary/aromatic N) is 1. The van der Waals surface area contributed by atoms with Crippen LogP contribution in [0.5, 0.6) is 11.5 Å². The van der Waals surface area contributed by atoms with Crippen LogP contribution in [0.3, 0.4) is 0 Å². The van der Waals surface area contributed by atoms with Gasteiger partial charge in [-0.1, -0.05) is 12.1 Å². The van der Waals surface area contributed by atoms with Gasteiger partial charge >= 0.3 is 0 Å². The normalized spacial score (nSPS) is 11.9. The number of phenols is 2. The average Bonchev–Trinajstić information content (AvgIpc) is 2.66. The maximum atomic E-state index is 12.3. The second-order valence-corrected chi connectivity index (χ2v) is 7.61. The summed E-state index contributed by atoms with van der Waals surface area (Å²) in [5.74, 6) is 0.568. The lowest BCUT2D eigenvalue weighted by Crippen LogP contribution is -2.29. The van der Waals surface area contributed by atoms with Crippen LogP contribution in [0, 0.1) is 6.92 Å². The largest absolute Gasteiger partial charge is 0.507 e. The Bertz CT molecular complexity index is 891. The highest BCUT2D eigenvalue weighted by atomic mass is 35.5. The molecule has 0 unspecified atom stereocenters. The highest BCUT2D eigenvalue weighted by Crippen LogP contribution is 2.36. The van der Waals surface area contributed by atoms with Crippen molar-refractivity contribution in [2.45, 2.75) is 6.92 Å². The predicted octanol–water partition coefficient (Wildman–Crippen LogP) is 4.61. The zero-order chi connectivity index (χ0) is 21.6. The molecular weight excluding hydrogens is 472 g/mol. The molecule has 2 aromatic carbocycles. The number of aromatic hydroxyl groups is 2. The molecule has 0 aliphatic heterocycles. The van der Waals surface area contributed by atoms with Crippen molar-refractivity contribution in [3.63, 3.8) is 0 Å². The second-order valence-electron chi connectivity index (χ2n) is 6.47. The molecule has 164 valence electrons. The Morgan fingerprint density at radius 2 is 1.33 bits per heavy atom. The molecule has 0 spiro atoms. The molecule has 0 aromatic heterocycles. The third-order valence-electron chi connectivity index (χ3n) is 4.45. The van der Waals surface area contributed by atoms with Crippen molar-refractivity contribution in [2.75, 3.05) is 37.3 Å². The Morgan fingerprint density at radius 3 is 1.87 bits per heavy atom. The van der Waals surface area contributed by atoms with Crippen molar-refractivity contribution in [1.29, 1.82) is 0 Å². The molecule has 2 aromatic rings. The van der Waals surface area contributed by atoms with Crippen LogP contribution in [-0.2, 0) is 0 Å². The average molecular weight is 495 g/mol. The van der Waals surface area contributed by atoms with E-state index in [-0.39, 0.29) is 51.9 Å². The summed E-state index contributed by atoms with van der Waals surface area (Å²) in [5.41, 5.74) is 0.966. The maximum Gasteiger partial charge on any atom is 0.201 e. The summed E-state index contributed by atoms with van der Waals surface area (Å²) in [7, 11) is 0. The van der Waals surface area contributed by atoms with E-state index in [4.69, 9.17) is 34.8 Å². The van der Waals surface area contributed by atoms with E-state index in [1.54, 1.807) is 13.0 Å². The van der Waals surface area contributed by atoms with Crippen molar-refractivity contribution < 1.29 is 19.8 Å². The summed E-state index contributed by atoms with van der Waals surface area (Å²) in [5, 5.41) is 19.6. The molecule has 1 aliphatic carbocycles. The number of aryl methyl sites for hydroxylation is 1. The molecule has 9 heteroatoms. The Kier molecular flexibility index (Phi) is 10.9. The summed E-state index contributed by atoms with van der Waals surface area (Å²) in [6.07, 6.45) is 0. The molecule has 3 rings (SSSR count). The van der Waals surface area contributed by atoms with Gasteiger partial charge < -0.3 is 10.2 Å². The number of phenolic OH excluding ortho intramolecular Hbond substituents is 2. The fourth-order valence-electron chi connectivity index (χ4n) is 3.12. The third kappa shape index (κ3) is 6.02. The van der Waals surface area contributed by atoms with Gasteiger partial charge in [-0.25, -0.2) is 0 Å². The molecule has 0 heterocycles. The van der Waals surface area contributed by atoms with Crippen LogP contribution in [0.25, 0.3) is 0 Å². The van der Waals surface area contributed by atoms with Gasteiger partial charge in [-0.3, -0.25) is 14.5 Å². The van der Waals surface area contributed by atoms with Gasteiger partial charge in [-0.05, 0) is 30.7 Å². The SMILES string of the molecule is Cc1cc(O)c2c(c1)C(=O)c1cccc(O)c1C2=O.Cl.ClCCN(CCCl)CCCl. The molecule has 30 heavy (non-hydrogen) atoms. The minimum atomic E-state index is -0.528. The van der Waals surface area contributed by atoms with Gasteiger partial charge in [-0.15, -0.1) is 47.2 Å². The van der Waals surface area contributed by atoms with Gasteiger partial charge in [0, 0.05) is 48.4 Å². The minimum absolute atomic E-state index is 0. The van der Waals surface area contributed by atoms with Crippen molar-refractivity contribution in [1.82, 2.24) is 4.90 Å². The molecule has 0 fully saturated rings. The summed E-state index contributed by atoms with van der Waals surface area (Å²) < 4.78 is 0. The van der Waals surface area contributed by atoms with E-state index in [0.29, 0.717) is 23.2 Å². The number of halogens is 4. The summed E-state index contributed by atoms with van der Waals surface area (Å²) >= 11 is 16.6. The number of ketones is 2. The third-order valence-corrected chi connectivity index (χ3v) is 4.96. The molecule has 2 N–H and O–H groups in total.